The van der Waals surface area contributed by atoms with Crippen molar-refractivity contribution in [2.24, 2.45) is 0 Å². The molecule has 23 heavy (non-hydrogen) atoms. The van der Waals surface area contributed by atoms with Gasteiger partial charge >= 0.3 is 0 Å². The second kappa shape index (κ2) is 6.66. The molecule has 0 aliphatic carbocycles. The van der Waals surface area contributed by atoms with E-state index in [4.69, 9.17) is 0 Å². The van der Waals surface area contributed by atoms with Crippen molar-refractivity contribution in [1.29, 1.82) is 0 Å². The predicted octanol–water partition coefficient (Wildman–Crippen LogP) is 2.92. The van der Waals surface area contributed by atoms with Gasteiger partial charge in [-0.15, -0.1) is 0 Å². The topological polar surface area (TPSA) is 67.2 Å². The SMILES string of the molecule is Cc1nc(-n2cccc2)sc1C(=O)NCCc1ccc(O)cc1. The summed E-state index contributed by atoms with van der Waals surface area (Å²) in [6.07, 6.45) is 4.53. The quantitative estimate of drug-likeness (QED) is 0.757. The Morgan fingerprint density at radius 3 is 2.65 bits per heavy atom. The van der Waals surface area contributed by atoms with Crippen LogP contribution in [0, 0.1) is 6.92 Å². The molecule has 0 unspecified atom stereocenters. The molecule has 2 heterocycles. The van der Waals surface area contributed by atoms with Gasteiger partial charge in [0, 0.05) is 18.9 Å². The fourth-order valence-corrected chi connectivity index (χ4v) is 3.18. The summed E-state index contributed by atoms with van der Waals surface area (Å²) >= 11 is 1.38. The Morgan fingerprint density at radius 2 is 1.96 bits per heavy atom. The molecule has 118 valence electrons. The van der Waals surface area contributed by atoms with E-state index in [1.54, 1.807) is 12.1 Å². The molecule has 1 amide bonds. The number of nitrogens with one attached hydrogen (secondary N) is 1. The summed E-state index contributed by atoms with van der Waals surface area (Å²) in [5, 5.41) is 13.0. The van der Waals surface area contributed by atoms with Crippen molar-refractivity contribution in [1.82, 2.24) is 14.9 Å². The van der Waals surface area contributed by atoms with Crippen molar-refractivity contribution in [2.75, 3.05) is 6.54 Å². The van der Waals surface area contributed by atoms with Crippen LogP contribution in [0.5, 0.6) is 5.75 Å². The molecule has 2 aromatic heterocycles. The van der Waals surface area contributed by atoms with Crippen molar-refractivity contribution in [3.05, 3.63) is 64.9 Å². The van der Waals surface area contributed by atoms with E-state index in [9.17, 15) is 9.90 Å². The summed E-state index contributed by atoms with van der Waals surface area (Å²) in [6.45, 7) is 2.39. The smallest absolute Gasteiger partial charge is 0.263 e. The van der Waals surface area contributed by atoms with Gasteiger partial charge in [-0.25, -0.2) is 4.98 Å². The van der Waals surface area contributed by atoms with Crippen LogP contribution in [-0.2, 0) is 6.42 Å². The number of hydrogen-bond donors (Lipinski definition) is 2. The van der Waals surface area contributed by atoms with Gasteiger partial charge in [0.1, 0.15) is 10.6 Å². The van der Waals surface area contributed by atoms with E-state index >= 15 is 0 Å². The summed E-state index contributed by atoms with van der Waals surface area (Å²) in [4.78, 5) is 17.4. The monoisotopic (exact) mass is 327 g/mol. The van der Waals surface area contributed by atoms with Crippen molar-refractivity contribution < 1.29 is 9.90 Å². The van der Waals surface area contributed by atoms with Gasteiger partial charge in [0.05, 0.1) is 5.69 Å². The Morgan fingerprint density at radius 1 is 1.26 bits per heavy atom. The summed E-state index contributed by atoms with van der Waals surface area (Å²) < 4.78 is 1.89. The van der Waals surface area contributed by atoms with E-state index in [0.717, 1.165) is 16.4 Å². The number of rotatable bonds is 5. The first-order chi connectivity index (χ1) is 11.1. The number of nitrogens with zero attached hydrogens (tertiary/aromatic N) is 2. The number of phenols is 1. The Bertz CT molecular complexity index is 792. The number of aryl methyl sites for hydroxylation is 1. The Labute approximate surface area is 138 Å². The zero-order valence-corrected chi connectivity index (χ0v) is 13.5. The maximum absolute atomic E-state index is 12.3. The highest BCUT2D eigenvalue weighted by Gasteiger charge is 2.15. The van der Waals surface area contributed by atoms with Gasteiger partial charge in [0.2, 0.25) is 0 Å². The van der Waals surface area contributed by atoms with Gasteiger partial charge in [-0.1, -0.05) is 23.5 Å². The highest BCUT2D eigenvalue weighted by molar-refractivity contribution is 7.16. The second-order valence-corrected chi connectivity index (χ2v) is 6.15. The van der Waals surface area contributed by atoms with Crippen molar-refractivity contribution in [3.63, 3.8) is 0 Å². The van der Waals surface area contributed by atoms with Gasteiger partial charge in [-0.3, -0.25) is 4.79 Å². The van der Waals surface area contributed by atoms with E-state index in [2.05, 4.69) is 10.3 Å². The molecule has 3 aromatic rings. The number of carbonyl (C=O) groups excluding carboxylic acids is 1. The number of thiazole rings is 1. The Kier molecular flexibility index (Phi) is 4.43. The molecule has 0 fully saturated rings. The third-order valence-electron chi connectivity index (χ3n) is 3.45. The normalized spacial score (nSPS) is 10.7. The third-order valence-corrected chi connectivity index (χ3v) is 4.62. The number of aromatic hydroxyl groups is 1. The number of benzene rings is 1. The minimum Gasteiger partial charge on any atom is -0.508 e. The predicted molar refractivity (Wildman–Crippen MR) is 90.3 cm³/mol. The second-order valence-electron chi connectivity index (χ2n) is 5.17. The lowest BCUT2D eigenvalue weighted by Gasteiger charge is -2.04. The fourth-order valence-electron chi connectivity index (χ4n) is 2.23. The van der Waals surface area contributed by atoms with Crippen LogP contribution in [-0.4, -0.2) is 27.1 Å². The minimum atomic E-state index is -0.0998. The van der Waals surface area contributed by atoms with Crippen LogP contribution in [0.15, 0.2) is 48.8 Å². The molecule has 0 atom stereocenters. The molecule has 0 saturated heterocycles. The maximum atomic E-state index is 12.3. The summed E-state index contributed by atoms with van der Waals surface area (Å²) in [6, 6.07) is 10.8. The molecule has 0 aliphatic rings. The molecule has 1 aromatic carbocycles. The van der Waals surface area contributed by atoms with Crippen LogP contribution >= 0.6 is 11.3 Å². The largest absolute Gasteiger partial charge is 0.508 e. The Hall–Kier alpha value is -2.60. The van der Waals surface area contributed by atoms with E-state index in [-0.39, 0.29) is 11.7 Å². The van der Waals surface area contributed by atoms with E-state index in [1.165, 1.54) is 11.3 Å². The molecule has 0 saturated carbocycles. The van der Waals surface area contributed by atoms with Crippen LogP contribution in [0.4, 0.5) is 0 Å². The first kappa shape index (κ1) is 15.3. The summed E-state index contributed by atoms with van der Waals surface area (Å²) in [5.74, 6) is 0.146. The van der Waals surface area contributed by atoms with Crippen LogP contribution in [0.1, 0.15) is 20.9 Å². The Balaban J connectivity index is 1.61. The lowest BCUT2D eigenvalue weighted by Crippen LogP contribution is -2.25. The van der Waals surface area contributed by atoms with Gasteiger partial charge < -0.3 is 15.0 Å². The minimum absolute atomic E-state index is 0.0998. The number of amides is 1. The number of aromatic nitrogens is 2. The van der Waals surface area contributed by atoms with Crippen LogP contribution in [0.2, 0.25) is 0 Å². The average molecular weight is 327 g/mol. The average Bonchev–Trinajstić information content (AvgIpc) is 3.18. The fraction of sp³-hybridized carbons (Fsp3) is 0.176. The zero-order chi connectivity index (χ0) is 16.2. The van der Waals surface area contributed by atoms with Gasteiger partial charge in [-0.05, 0) is 43.2 Å². The number of phenolic OH excluding ortho intramolecular Hbond substituents is 1. The van der Waals surface area contributed by atoms with Crippen LogP contribution < -0.4 is 5.32 Å². The third kappa shape index (κ3) is 3.60. The lowest BCUT2D eigenvalue weighted by atomic mass is 10.1. The number of carbonyl (C=O) groups is 1. The van der Waals surface area contributed by atoms with Gasteiger partial charge in [0.15, 0.2) is 5.13 Å². The molecule has 0 radical (unpaired) electrons. The van der Waals surface area contributed by atoms with Crippen LogP contribution in [0.25, 0.3) is 5.13 Å². The van der Waals surface area contributed by atoms with E-state index in [0.29, 0.717) is 17.8 Å². The molecule has 5 nitrogen and oxygen atoms in total. The number of hydrogen-bond acceptors (Lipinski definition) is 4. The van der Waals surface area contributed by atoms with Crippen molar-refractivity contribution in [2.45, 2.75) is 13.3 Å². The molecule has 0 bridgehead atoms. The molecule has 6 heteroatoms. The summed E-state index contributed by atoms with van der Waals surface area (Å²) in [5.41, 5.74) is 1.80. The molecular formula is C17H17N3O2S. The highest BCUT2D eigenvalue weighted by Crippen LogP contribution is 2.21. The molecule has 0 aliphatic heterocycles. The van der Waals surface area contributed by atoms with Crippen LogP contribution in [0.3, 0.4) is 0 Å². The first-order valence-corrected chi connectivity index (χ1v) is 8.12. The molecular weight excluding hydrogens is 310 g/mol. The molecule has 0 spiro atoms. The molecule has 3 rings (SSSR count). The van der Waals surface area contributed by atoms with E-state index in [1.807, 2.05) is 48.1 Å². The van der Waals surface area contributed by atoms with Crippen molar-refractivity contribution >= 4 is 17.2 Å². The van der Waals surface area contributed by atoms with Crippen molar-refractivity contribution in [3.8, 4) is 10.9 Å². The first-order valence-electron chi connectivity index (χ1n) is 7.30. The lowest BCUT2D eigenvalue weighted by molar-refractivity contribution is 0.0957. The molecule has 2 N–H and O–H groups in total. The van der Waals surface area contributed by atoms with Gasteiger partial charge in [-0.2, -0.15) is 0 Å². The summed E-state index contributed by atoms with van der Waals surface area (Å²) in [7, 11) is 0. The standard InChI is InChI=1S/C17H17N3O2S/c1-12-15(23-17(19-12)20-10-2-3-11-20)16(22)18-9-8-13-4-6-14(21)7-5-13/h2-7,10-11,21H,8-9H2,1H3,(H,18,22). The maximum Gasteiger partial charge on any atom is 0.263 e. The van der Waals surface area contributed by atoms with E-state index < -0.39 is 0 Å². The highest BCUT2D eigenvalue weighted by atomic mass is 32.1. The van der Waals surface area contributed by atoms with Gasteiger partial charge in [0.25, 0.3) is 5.91 Å². The zero-order valence-electron chi connectivity index (χ0n) is 12.7.